The molecule has 0 amide bonds. The Morgan fingerprint density at radius 1 is 1.06 bits per heavy atom. The molecule has 3 aromatic heterocycles. The number of benzene rings is 1. The van der Waals surface area contributed by atoms with Crippen molar-refractivity contribution in [3.8, 4) is 23.0 Å². The number of halogens is 1. The normalized spacial score (nSPS) is 14.0. The first-order chi connectivity index (χ1) is 16.1. The van der Waals surface area contributed by atoms with Gasteiger partial charge < -0.3 is 18.5 Å². The number of aromatic nitrogens is 5. The van der Waals surface area contributed by atoms with Crippen molar-refractivity contribution in [1.82, 2.24) is 29.2 Å². The Labute approximate surface area is 211 Å². The molecule has 0 unspecified atom stereocenters. The van der Waals surface area contributed by atoms with E-state index in [1.54, 1.807) is 18.0 Å². The number of thioether (sulfide) groups is 1. The van der Waals surface area contributed by atoms with Gasteiger partial charge in [-0.15, -0.1) is 22.6 Å². The summed E-state index contributed by atoms with van der Waals surface area (Å²) in [7, 11) is 4.08. The van der Waals surface area contributed by atoms with Gasteiger partial charge in [-0.2, -0.15) is 0 Å². The van der Waals surface area contributed by atoms with Gasteiger partial charge in [-0.05, 0) is 68.1 Å². The third kappa shape index (κ3) is 5.24. The SMILES string of the molecule is Cc1cnc(-c2ccc3c(c2)CCN(CCCSc2nnc(-c4cccn4C)n2C)CC3)o1.Cl. The number of aryl methyl sites for hydroxylation is 2. The molecule has 0 fully saturated rings. The van der Waals surface area contributed by atoms with Gasteiger partial charge in [-0.1, -0.05) is 17.8 Å². The predicted molar refractivity (Wildman–Crippen MR) is 139 cm³/mol. The van der Waals surface area contributed by atoms with Gasteiger partial charge in [0, 0.05) is 44.7 Å². The molecule has 7 nitrogen and oxygen atoms in total. The second kappa shape index (κ2) is 10.8. The highest BCUT2D eigenvalue weighted by molar-refractivity contribution is 7.99. The molecule has 1 aliphatic rings. The average molecular weight is 499 g/mol. The number of fused-ring (bicyclic) bond motifs is 1. The van der Waals surface area contributed by atoms with Crippen LogP contribution in [-0.2, 0) is 26.9 Å². The lowest BCUT2D eigenvalue weighted by atomic mass is 10.00. The third-order valence-corrected chi connectivity index (χ3v) is 7.43. The minimum absolute atomic E-state index is 0. The monoisotopic (exact) mass is 498 g/mol. The van der Waals surface area contributed by atoms with E-state index in [2.05, 4.69) is 53.5 Å². The van der Waals surface area contributed by atoms with Gasteiger partial charge in [0.25, 0.3) is 0 Å². The zero-order valence-electron chi connectivity index (χ0n) is 19.9. The van der Waals surface area contributed by atoms with Gasteiger partial charge in [0.2, 0.25) is 5.89 Å². The van der Waals surface area contributed by atoms with Crippen molar-refractivity contribution in [2.24, 2.45) is 14.1 Å². The van der Waals surface area contributed by atoms with Crippen LogP contribution in [0.2, 0.25) is 0 Å². The van der Waals surface area contributed by atoms with Crippen molar-refractivity contribution in [2.45, 2.75) is 31.3 Å². The quantitative estimate of drug-likeness (QED) is 0.269. The number of rotatable bonds is 7. The van der Waals surface area contributed by atoms with E-state index in [1.165, 1.54) is 11.1 Å². The molecule has 1 aliphatic heterocycles. The van der Waals surface area contributed by atoms with Gasteiger partial charge in [-0.25, -0.2) is 4.98 Å². The fourth-order valence-corrected chi connectivity index (χ4v) is 5.26. The van der Waals surface area contributed by atoms with E-state index in [9.17, 15) is 0 Å². The van der Waals surface area contributed by atoms with Crippen molar-refractivity contribution in [3.63, 3.8) is 0 Å². The van der Waals surface area contributed by atoms with Crippen molar-refractivity contribution in [1.29, 1.82) is 0 Å². The summed E-state index contributed by atoms with van der Waals surface area (Å²) in [5.41, 5.74) is 5.03. The van der Waals surface area contributed by atoms with Crippen molar-refractivity contribution >= 4 is 24.2 Å². The summed E-state index contributed by atoms with van der Waals surface area (Å²) in [5, 5.41) is 9.79. The topological polar surface area (TPSA) is 64.9 Å². The van der Waals surface area contributed by atoms with E-state index in [4.69, 9.17) is 4.42 Å². The number of hydrogen-bond donors (Lipinski definition) is 0. The maximum atomic E-state index is 5.72. The standard InChI is InChI=1S/C25H30N6OS.ClH/c1-18-17-26-24(32-18)21-8-7-19-9-13-31(14-10-20(19)16-21)12-5-15-33-25-28-27-23(30(25)3)22-6-4-11-29(22)2;/h4,6-8,11,16-17H,5,9-10,12-15H2,1-3H3;1H. The highest BCUT2D eigenvalue weighted by atomic mass is 35.5. The molecule has 0 radical (unpaired) electrons. The molecule has 0 spiro atoms. The fourth-order valence-electron chi connectivity index (χ4n) is 4.42. The van der Waals surface area contributed by atoms with Gasteiger partial charge in [-0.3, -0.25) is 0 Å². The first-order valence-electron chi connectivity index (χ1n) is 11.5. The number of hydrogen-bond acceptors (Lipinski definition) is 6. The maximum absolute atomic E-state index is 5.72. The lowest BCUT2D eigenvalue weighted by Gasteiger charge is -2.19. The zero-order chi connectivity index (χ0) is 22.8. The van der Waals surface area contributed by atoms with Crippen LogP contribution in [-0.4, -0.2) is 54.6 Å². The molecule has 0 saturated carbocycles. The Kier molecular flexibility index (Phi) is 7.80. The molecule has 34 heavy (non-hydrogen) atoms. The van der Waals surface area contributed by atoms with E-state index in [-0.39, 0.29) is 12.4 Å². The molecule has 0 saturated heterocycles. The summed E-state index contributed by atoms with van der Waals surface area (Å²) in [6.45, 7) is 5.24. The maximum Gasteiger partial charge on any atom is 0.226 e. The van der Waals surface area contributed by atoms with E-state index in [0.29, 0.717) is 5.89 Å². The minimum Gasteiger partial charge on any atom is -0.441 e. The number of nitrogens with zero attached hydrogens (tertiary/aromatic N) is 6. The summed E-state index contributed by atoms with van der Waals surface area (Å²) in [4.78, 5) is 6.97. The summed E-state index contributed by atoms with van der Waals surface area (Å²) in [6, 6.07) is 10.8. The van der Waals surface area contributed by atoms with Gasteiger partial charge in [0.1, 0.15) is 5.76 Å². The van der Waals surface area contributed by atoms with Crippen LogP contribution in [0.25, 0.3) is 23.0 Å². The van der Waals surface area contributed by atoms with Crippen molar-refractivity contribution in [3.05, 3.63) is 59.6 Å². The molecule has 0 atom stereocenters. The third-order valence-electron chi connectivity index (χ3n) is 6.33. The molecule has 5 rings (SSSR count). The largest absolute Gasteiger partial charge is 0.441 e. The predicted octanol–water partition coefficient (Wildman–Crippen LogP) is 4.79. The van der Waals surface area contributed by atoms with Gasteiger partial charge in [0.15, 0.2) is 11.0 Å². The summed E-state index contributed by atoms with van der Waals surface area (Å²) >= 11 is 1.79. The fraction of sp³-hybridized carbons (Fsp3) is 0.400. The molecule has 4 heterocycles. The van der Waals surface area contributed by atoms with Crippen molar-refractivity contribution in [2.75, 3.05) is 25.4 Å². The Morgan fingerprint density at radius 2 is 1.88 bits per heavy atom. The van der Waals surface area contributed by atoms with E-state index >= 15 is 0 Å². The average Bonchev–Trinajstić information content (AvgIpc) is 3.49. The molecule has 0 N–H and O–H groups in total. The first-order valence-corrected chi connectivity index (χ1v) is 12.5. The molecule has 9 heteroatoms. The van der Waals surface area contributed by atoms with Crippen LogP contribution in [0.15, 0.2) is 52.3 Å². The van der Waals surface area contributed by atoms with Crippen LogP contribution < -0.4 is 0 Å². The minimum atomic E-state index is 0. The molecule has 4 aromatic rings. The van der Waals surface area contributed by atoms with Gasteiger partial charge in [0.05, 0.1) is 11.9 Å². The van der Waals surface area contributed by atoms with E-state index in [1.807, 2.05) is 33.3 Å². The van der Waals surface area contributed by atoms with Crippen LogP contribution in [0, 0.1) is 6.92 Å². The van der Waals surface area contributed by atoms with Crippen LogP contribution in [0.4, 0.5) is 0 Å². The second-order valence-corrected chi connectivity index (χ2v) is 9.73. The smallest absolute Gasteiger partial charge is 0.226 e. The summed E-state index contributed by atoms with van der Waals surface area (Å²) in [6.07, 6.45) is 7.11. The molecular weight excluding hydrogens is 468 g/mol. The highest BCUT2D eigenvalue weighted by Crippen LogP contribution is 2.26. The second-order valence-electron chi connectivity index (χ2n) is 8.67. The van der Waals surface area contributed by atoms with Crippen LogP contribution in [0.1, 0.15) is 23.3 Å². The van der Waals surface area contributed by atoms with Crippen LogP contribution in [0.5, 0.6) is 0 Å². The molecule has 1 aromatic carbocycles. The Bertz CT molecular complexity index is 1250. The lowest BCUT2D eigenvalue weighted by Crippen LogP contribution is -2.27. The van der Waals surface area contributed by atoms with Crippen molar-refractivity contribution < 1.29 is 4.42 Å². The number of oxazole rings is 1. The molecule has 0 bridgehead atoms. The Hall–Kier alpha value is -2.55. The Balaban J connectivity index is 0.00000274. The van der Waals surface area contributed by atoms with E-state index in [0.717, 1.165) is 72.6 Å². The van der Waals surface area contributed by atoms with Crippen LogP contribution in [0.3, 0.4) is 0 Å². The summed E-state index contributed by atoms with van der Waals surface area (Å²) < 4.78 is 9.88. The zero-order valence-corrected chi connectivity index (χ0v) is 21.5. The van der Waals surface area contributed by atoms with Gasteiger partial charge >= 0.3 is 0 Å². The molecule has 0 aliphatic carbocycles. The summed E-state index contributed by atoms with van der Waals surface area (Å²) in [5.74, 6) is 3.51. The molecular formula is C25H31ClN6OS. The molecule has 180 valence electrons. The van der Waals surface area contributed by atoms with E-state index < -0.39 is 0 Å². The highest BCUT2D eigenvalue weighted by Gasteiger charge is 2.17. The van der Waals surface area contributed by atoms with Crippen LogP contribution >= 0.6 is 24.2 Å². The lowest BCUT2D eigenvalue weighted by molar-refractivity contribution is 0.289. The Morgan fingerprint density at radius 3 is 2.62 bits per heavy atom. The first kappa shape index (κ1) is 24.6.